The number of aliphatic hydroxyl groups excluding tert-OH is 1. The molecule has 0 aromatic rings. The molecular formula is C14H27NO4S. The first-order valence-electron chi connectivity index (χ1n) is 7.15. The number of carbonyl (C=O) groups excluding carboxylic acids is 2. The smallest absolute Gasteiger partial charge is 0.309 e. The molecule has 6 heteroatoms. The van der Waals surface area contributed by atoms with Gasteiger partial charge in [-0.05, 0) is 31.9 Å². The van der Waals surface area contributed by atoms with Gasteiger partial charge in [0.05, 0.1) is 19.1 Å². The molecule has 0 bridgehead atoms. The van der Waals surface area contributed by atoms with Gasteiger partial charge in [-0.3, -0.25) is 9.59 Å². The fraction of sp³-hybridized carbons (Fsp3) is 0.857. The second-order valence-corrected chi connectivity index (χ2v) is 5.56. The molecule has 0 fully saturated rings. The van der Waals surface area contributed by atoms with E-state index in [2.05, 4.69) is 0 Å². The zero-order valence-electron chi connectivity index (χ0n) is 12.5. The van der Waals surface area contributed by atoms with Gasteiger partial charge in [0.2, 0.25) is 6.41 Å². The number of rotatable bonds is 13. The predicted octanol–water partition coefficient (Wildman–Crippen LogP) is 1.54. The van der Waals surface area contributed by atoms with Crippen molar-refractivity contribution in [3.63, 3.8) is 0 Å². The van der Waals surface area contributed by atoms with Crippen molar-refractivity contribution in [2.24, 2.45) is 5.92 Å². The molecule has 0 rings (SSSR count). The summed E-state index contributed by atoms with van der Waals surface area (Å²) in [5, 5.41) is 8.73. The first-order chi connectivity index (χ1) is 9.69. The van der Waals surface area contributed by atoms with Crippen molar-refractivity contribution in [3.8, 4) is 0 Å². The van der Waals surface area contributed by atoms with Gasteiger partial charge < -0.3 is 14.7 Å². The zero-order valence-corrected chi connectivity index (χ0v) is 13.4. The van der Waals surface area contributed by atoms with Crippen LogP contribution in [0.5, 0.6) is 0 Å². The number of carbonyl (C=O) groups is 2. The Morgan fingerprint density at radius 1 is 1.35 bits per heavy atom. The Bertz CT molecular complexity index is 264. The van der Waals surface area contributed by atoms with E-state index in [0.717, 1.165) is 37.8 Å². The minimum atomic E-state index is -0.100. The molecule has 118 valence electrons. The number of aliphatic hydroxyl groups is 1. The molecule has 20 heavy (non-hydrogen) atoms. The maximum Gasteiger partial charge on any atom is 0.309 e. The number of hydrogen-bond acceptors (Lipinski definition) is 5. The molecule has 0 heterocycles. The summed E-state index contributed by atoms with van der Waals surface area (Å²) in [6, 6.07) is 0. The largest absolute Gasteiger partial charge is 0.465 e. The van der Waals surface area contributed by atoms with Crippen molar-refractivity contribution in [1.82, 2.24) is 4.90 Å². The van der Waals surface area contributed by atoms with Crippen molar-refractivity contribution in [2.45, 2.75) is 32.6 Å². The normalized spacial score (nSPS) is 11.9. The summed E-state index contributed by atoms with van der Waals surface area (Å²) in [5.41, 5.74) is 0. The Kier molecular flexibility index (Phi) is 12.7. The number of thioether (sulfide) groups is 1. The highest BCUT2D eigenvalue weighted by atomic mass is 32.2. The Labute approximate surface area is 126 Å². The van der Waals surface area contributed by atoms with Crippen LogP contribution in [0.15, 0.2) is 0 Å². The third-order valence-corrected chi connectivity index (χ3v) is 3.80. The summed E-state index contributed by atoms with van der Waals surface area (Å²) < 4.78 is 5.25. The van der Waals surface area contributed by atoms with Crippen LogP contribution in [0.1, 0.15) is 32.6 Å². The molecule has 1 N–H and O–H groups in total. The van der Waals surface area contributed by atoms with Gasteiger partial charge in [0.25, 0.3) is 0 Å². The fourth-order valence-electron chi connectivity index (χ4n) is 1.78. The average molecular weight is 305 g/mol. The monoisotopic (exact) mass is 305 g/mol. The van der Waals surface area contributed by atoms with E-state index in [9.17, 15) is 9.59 Å². The molecule has 0 aromatic carbocycles. The summed E-state index contributed by atoms with van der Waals surface area (Å²) >= 11 is 1.66. The first-order valence-corrected chi connectivity index (χ1v) is 8.54. The molecule has 0 saturated heterocycles. The van der Waals surface area contributed by atoms with Gasteiger partial charge >= 0.3 is 5.97 Å². The summed E-state index contributed by atoms with van der Waals surface area (Å²) in [5.74, 6) is 0.710. The lowest BCUT2D eigenvalue weighted by molar-refractivity contribution is -0.147. The number of unbranched alkanes of at least 4 members (excludes halogenated alkanes) is 2. The molecule has 1 atom stereocenters. The van der Waals surface area contributed by atoms with Crippen LogP contribution in [0, 0.1) is 5.92 Å². The van der Waals surface area contributed by atoms with Crippen molar-refractivity contribution in [2.75, 3.05) is 38.3 Å². The number of ether oxygens (including phenoxy) is 1. The molecule has 0 aromatic heterocycles. The standard InChI is InChI=1S/C14H27NO4S/c1-3-13(11-20-2)14(18)19-10-6-4-5-7-15(12-17)8-9-16/h12-13,16H,3-11H2,1-2H3. The molecule has 0 saturated carbocycles. The Morgan fingerprint density at radius 2 is 2.10 bits per heavy atom. The van der Waals surface area contributed by atoms with Crippen LogP contribution in [-0.2, 0) is 14.3 Å². The molecule has 5 nitrogen and oxygen atoms in total. The van der Waals surface area contributed by atoms with Gasteiger partial charge in [-0.25, -0.2) is 0 Å². The lowest BCUT2D eigenvalue weighted by Gasteiger charge is -2.15. The van der Waals surface area contributed by atoms with E-state index in [1.54, 1.807) is 16.7 Å². The van der Waals surface area contributed by atoms with Gasteiger partial charge in [0.15, 0.2) is 0 Å². The summed E-state index contributed by atoms with van der Waals surface area (Å²) in [4.78, 5) is 23.9. The summed E-state index contributed by atoms with van der Waals surface area (Å²) in [6.07, 6.45) is 6.13. The van der Waals surface area contributed by atoms with E-state index < -0.39 is 0 Å². The van der Waals surface area contributed by atoms with E-state index in [1.165, 1.54) is 0 Å². The molecule has 0 aliphatic carbocycles. The maximum atomic E-state index is 11.7. The fourth-order valence-corrected chi connectivity index (χ4v) is 2.56. The number of esters is 1. The molecule has 0 spiro atoms. The highest BCUT2D eigenvalue weighted by Crippen LogP contribution is 2.12. The van der Waals surface area contributed by atoms with Crippen LogP contribution in [0.25, 0.3) is 0 Å². The predicted molar refractivity (Wildman–Crippen MR) is 81.7 cm³/mol. The third kappa shape index (κ3) is 9.20. The van der Waals surface area contributed by atoms with Crippen LogP contribution < -0.4 is 0 Å². The van der Waals surface area contributed by atoms with Crippen LogP contribution in [0.4, 0.5) is 0 Å². The van der Waals surface area contributed by atoms with Gasteiger partial charge in [-0.1, -0.05) is 6.92 Å². The van der Waals surface area contributed by atoms with Gasteiger partial charge in [-0.2, -0.15) is 11.8 Å². The molecular weight excluding hydrogens is 278 g/mol. The molecule has 1 amide bonds. The quantitative estimate of drug-likeness (QED) is 0.318. The van der Waals surface area contributed by atoms with Crippen molar-refractivity contribution < 1.29 is 19.4 Å². The summed E-state index contributed by atoms with van der Waals surface area (Å²) in [7, 11) is 0. The average Bonchev–Trinajstić information content (AvgIpc) is 2.46. The van der Waals surface area contributed by atoms with Crippen LogP contribution >= 0.6 is 11.8 Å². The number of hydrogen-bond donors (Lipinski definition) is 1. The SMILES string of the molecule is CCC(CSC)C(=O)OCCCCCN(C=O)CCO. The molecule has 0 radical (unpaired) electrons. The highest BCUT2D eigenvalue weighted by molar-refractivity contribution is 7.98. The van der Waals surface area contributed by atoms with Crippen LogP contribution in [0.2, 0.25) is 0 Å². The second kappa shape index (κ2) is 13.2. The van der Waals surface area contributed by atoms with Gasteiger partial charge in [-0.15, -0.1) is 0 Å². The molecule has 0 aliphatic heterocycles. The van der Waals surface area contributed by atoms with E-state index >= 15 is 0 Å². The van der Waals surface area contributed by atoms with Crippen LogP contribution in [0.3, 0.4) is 0 Å². The lowest BCUT2D eigenvalue weighted by Crippen LogP contribution is -2.26. The molecule has 0 aliphatic rings. The number of amides is 1. The van der Waals surface area contributed by atoms with Crippen molar-refractivity contribution in [1.29, 1.82) is 0 Å². The van der Waals surface area contributed by atoms with Crippen LogP contribution in [-0.4, -0.2) is 60.7 Å². The topological polar surface area (TPSA) is 66.8 Å². The van der Waals surface area contributed by atoms with E-state index in [4.69, 9.17) is 9.84 Å². The zero-order chi connectivity index (χ0) is 15.2. The Balaban J connectivity index is 3.60. The van der Waals surface area contributed by atoms with E-state index in [-0.39, 0.29) is 18.5 Å². The van der Waals surface area contributed by atoms with Crippen molar-refractivity contribution in [3.05, 3.63) is 0 Å². The third-order valence-electron chi connectivity index (χ3n) is 3.06. The van der Waals surface area contributed by atoms with E-state index in [0.29, 0.717) is 19.7 Å². The minimum absolute atomic E-state index is 0.000101. The Hall–Kier alpha value is -0.750. The maximum absolute atomic E-state index is 11.7. The number of nitrogens with zero attached hydrogens (tertiary/aromatic N) is 1. The Morgan fingerprint density at radius 3 is 2.65 bits per heavy atom. The first kappa shape index (κ1) is 19.2. The highest BCUT2D eigenvalue weighted by Gasteiger charge is 2.16. The van der Waals surface area contributed by atoms with Crippen molar-refractivity contribution >= 4 is 24.1 Å². The second-order valence-electron chi connectivity index (χ2n) is 4.65. The molecule has 1 unspecified atom stereocenters. The van der Waals surface area contributed by atoms with E-state index in [1.807, 2.05) is 13.2 Å². The van der Waals surface area contributed by atoms with Gasteiger partial charge in [0.1, 0.15) is 0 Å². The minimum Gasteiger partial charge on any atom is -0.465 e. The lowest BCUT2D eigenvalue weighted by atomic mass is 10.1. The summed E-state index contributed by atoms with van der Waals surface area (Å²) in [6.45, 7) is 3.46. The van der Waals surface area contributed by atoms with Gasteiger partial charge in [0, 0.05) is 18.8 Å².